The second-order valence-electron chi connectivity index (χ2n) is 6.81. The third-order valence-corrected chi connectivity index (χ3v) is 5.19. The molecule has 31 heavy (non-hydrogen) atoms. The minimum absolute atomic E-state index is 0.306. The van der Waals surface area contributed by atoms with Crippen molar-refractivity contribution in [2.24, 2.45) is 7.05 Å². The van der Waals surface area contributed by atoms with Gasteiger partial charge in [0.25, 0.3) is 5.91 Å². The molecule has 11 nitrogen and oxygen atoms in total. The Balaban J connectivity index is 1.70. The van der Waals surface area contributed by atoms with Crippen LogP contribution in [0.3, 0.4) is 0 Å². The fourth-order valence-electron chi connectivity index (χ4n) is 3.20. The molecule has 0 saturated carbocycles. The highest BCUT2D eigenvalue weighted by molar-refractivity contribution is 7.92. The number of benzene rings is 2. The van der Waals surface area contributed by atoms with Crippen molar-refractivity contribution in [2.45, 2.75) is 0 Å². The van der Waals surface area contributed by atoms with Gasteiger partial charge in [-0.05, 0) is 46.8 Å². The number of amides is 1. The monoisotopic (exact) mass is 436 g/mol. The minimum Gasteiger partial charge on any atom is -0.340 e. The van der Waals surface area contributed by atoms with Gasteiger partial charge in [0.05, 0.1) is 34.8 Å². The molecule has 0 spiro atoms. The number of aromatic nitrogens is 5. The maximum Gasteiger partial charge on any atom is 0.272 e. The number of rotatable bonds is 5. The molecule has 1 amide bonds. The van der Waals surface area contributed by atoms with E-state index in [1.54, 1.807) is 54.1 Å². The van der Waals surface area contributed by atoms with Crippen LogP contribution in [-0.2, 0) is 17.1 Å². The molecular formula is C19H16N8O3S. The Hall–Kier alpha value is -4.24. The van der Waals surface area contributed by atoms with Crippen LogP contribution < -0.4 is 10.0 Å². The molecule has 4 rings (SSSR count). The lowest BCUT2D eigenvalue weighted by atomic mass is 10.1. The zero-order chi connectivity index (χ0) is 22.2. The summed E-state index contributed by atoms with van der Waals surface area (Å²) in [5.41, 5.74) is 2.72. The Morgan fingerprint density at radius 2 is 2.00 bits per heavy atom. The van der Waals surface area contributed by atoms with Gasteiger partial charge >= 0.3 is 0 Å². The summed E-state index contributed by atoms with van der Waals surface area (Å²) in [6.45, 7) is 0. The molecule has 0 bridgehead atoms. The van der Waals surface area contributed by atoms with Gasteiger partial charge in [0.2, 0.25) is 10.0 Å². The van der Waals surface area contributed by atoms with Gasteiger partial charge in [0.15, 0.2) is 5.82 Å². The number of nitriles is 1. The van der Waals surface area contributed by atoms with Crippen LogP contribution >= 0.6 is 0 Å². The van der Waals surface area contributed by atoms with E-state index in [1.807, 2.05) is 6.07 Å². The molecule has 0 aliphatic carbocycles. The van der Waals surface area contributed by atoms with Crippen LogP contribution in [-0.4, -0.2) is 45.8 Å². The Bertz CT molecular complexity index is 1450. The van der Waals surface area contributed by atoms with Crippen LogP contribution in [0.15, 0.2) is 42.5 Å². The molecule has 0 aliphatic rings. The highest BCUT2D eigenvalue weighted by atomic mass is 32.2. The lowest BCUT2D eigenvalue weighted by Gasteiger charge is -2.10. The second kappa shape index (κ2) is 7.54. The number of nitrogens with one attached hydrogen (secondary N) is 3. The predicted octanol–water partition coefficient (Wildman–Crippen LogP) is 1.85. The molecule has 2 aromatic heterocycles. The summed E-state index contributed by atoms with van der Waals surface area (Å²) in [6.07, 6.45) is 1.07. The first-order valence-electron chi connectivity index (χ1n) is 8.92. The molecule has 0 aliphatic heterocycles. The summed E-state index contributed by atoms with van der Waals surface area (Å²) in [7, 11) is -1.71. The predicted molar refractivity (Wildman–Crippen MR) is 114 cm³/mol. The number of carbonyl (C=O) groups is 1. The number of nitrogens with zero attached hydrogens (tertiary/aromatic N) is 5. The number of hydrogen-bond donors (Lipinski definition) is 3. The van der Waals surface area contributed by atoms with Gasteiger partial charge in [-0.2, -0.15) is 5.26 Å². The maximum absolute atomic E-state index is 13.0. The van der Waals surface area contributed by atoms with E-state index in [0.717, 1.165) is 11.6 Å². The molecule has 2 heterocycles. The quantitative estimate of drug-likeness (QED) is 0.430. The topological polar surface area (TPSA) is 158 Å². The number of sulfonamides is 1. The number of carbonyl (C=O) groups excluding carboxylic acids is 1. The van der Waals surface area contributed by atoms with E-state index in [0.29, 0.717) is 39.5 Å². The number of H-pyrrole nitrogens is 1. The molecule has 2 aromatic carbocycles. The standard InChI is InChI=1S/C19H16N8O3S/c1-27-16-9-13(24-31(2,29)30)5-4-12(16)8-17(27)19(28)21-15-6-3-11(10-20)7-14(15)18-22-25-26-23-18/h3-9,24H,1-2H3,(H,21,28)(H,22,23,25,26). The van der Waals surface area contributed by atoms with Gasteiger partial charge in [-0.25, -0.2) is 13.5 Å². The minimum atomic E-state index is -3.42. The summed E-state index contributed by atoms with van der Waals surface area (Å²) in [4.78, 5) is 13.0. The maximum atomic E-state index is 13.0. The first-order valence-corrected chi connectivity index (χ1v) is 10.8. The molecule has 4 aromatic rings. The van der Waals surface area contributed by atoms with Crippen molar-refractivity contribution < 1.29 is 13.2 Å². The number of fused-ring (bicyclic) bond motifs is 1. The van der Waals surface area contributed by atoms with Gasteiger partial charge < -0.3 is 9.88 Å². The van der Waals surface area contributed by atoms with Crippen molar-refractivity contribution >= 4 is 38.2 Å². The normalized spacial score (nSPS) is 11.3. The van der Waals surface area contributed by atoms with Gasteiger partial charge in [-0.15, -0.1) is 5.10 Å². The summed E-state index contributed by atoms with van der Waals surface area (Å²) < 4.78 is 27.1. The van der Waals surface area contributed by atoms with Crippen LogP contribution in [0.5, 0.6) is 0 Å². The smallest absolute Gasteiger partial charge is 0.272 e. The lowest BCUT2D eigenvalue weighted by Crippen LogP contribution is -2.16. The molecule has 12 heteroatoms. The second-order valence-corrected chi connectivity index (χ2v) is 8.56. The average Bonchev–Trinajstić information content (AvgIpc) is 3.36. The van der Waals surface area contributed by atoms with Crippen LogP contribution in [0.25, 0.3) is 22.3 Å². The Kier molecular flexibility index (Phi) is 4.88. The van der Waals surface area contributed by atoms with Crippen molar-refractivity contribution in [1.82, 2.24) is 25.2 Å². The zero-order valence-electron chi connectivity index (χ0n) is 16.4. The molecule has 3 N–H and O–H groups in total. The van der Waals surface area contributed by atoms with Crippen molar-refractivity contribution in [3.8, 4) is 17.5 Å². The Morgan fingerprint density at radius 3 is 2.68 bits per heavy atom. The van der Waals surface area contributed by atoms with Crippen molar-refractivity contribution in [3.63, 3.8) is 0 Å². The third-order valence-electron chi connectivity index (χ3n) is 4.58. The van der Waals surface area contributed by atoms with Crippen molar-refractivity contribution in [3.05, 3.63) is 53.7 Å². The molecule has 0 unspecified atom stereocenters. The first kappa shape index (κ1) is 20.0. The molecule has 0 atom stereocenters. The Morgan fingerprint density at radius 1 is 1.19 bits per heavy atom. The summed E-state index contributed by atoms with van der Waals surface area (Å²) in [6, 6.07) is 13.5. The van der Waals surface area contributed by atoms with Crippen molar-refractivity contribution in [1.29, 1.82) is 5.26 Å². The van der Waals surface area contributed by atoms with Gasteiger partial charge in [0, 0.05) is 18.0 Å². The first-order chi connectivity index (χ1) is 14.7. The number of hydrogen-bond acceptors (Lipinski definition) is 7. The van der Waals surface area contributed by atoms with E-state index in [1.165, 1.54) is 0 Å². The molecule has 0 radical (unpaired) electrons. The number of aryl methyl sites for hydroxylation is 1. The van der Waals surface area contributed by atoms with E-state index in [-0.39, 0.29) is 0 Å². The van der Waals surface area contributed by atoms with Gasteiger partial charge in [-0.3, -0.25) is 9.52 Å². The SMILES string of the molecule is Cn1c(C(=O)Nc2ccc(C#N)cc2-c2nnn[nH]2)cc2ccc(NS(C)(=O)=O)cc21. The number of aromatic amines is 1. The number of tetrazole rings is 1. The van der Waals surface area contributed by atoms with Crippen LogP contribution in [0.4, 0.5) is 11.4 Å². The van der Waals surface area contributed by atoms with Crippen LogP contribution in [0.1, 0.15) is 16.1 Å². The Labute approximate surface area is 176 Å². The fraction of sp³-hybridized carbons (Fsp3) is 0.105. The highest BCUT2D eigenvalue weighted by Gasteiger charge is 2.18. The van der Waals surface area contributed by atoms with Crippen molar-refractivity contribution in [2.75, 3.05) is 16.3 Å². The van der Waals surface area contributed by atoms with E-state index >= 15 is 0 Å². The lowest BCUT2D eigenvalue weighted by molar-refractivity contribution is 0.102. The number of anilines is 2. The van der Waals surface area contributed by atoms with Crippen LogP contribution in [0.2, 0.25) is 0 Å². The summed E-state index contributed by atoms with van der Waals surface area (Å²) >= 11 is 0. The van der Waals surface area contributed by atoms with E-state index in [9.17, 15) is 18.5 Å². The van der Waals surface area contributed by atoms with E-state index in [2.05, 4.69) is 30.7 Å². The molecule has 0 saturated heterocycles. The zero-order valence-corrected chi connectivity index (χ0v) is 17.2. The third kappa shape index (κ3) is 4.07. The van der Waals surface area contributed by atoms with Gasteiger partial charge in [-0.1, -0.05) is 6.07 Å². The summed E-state index contributed by atoms with van der Waals surface area (Å²) in [5.74, 6) is -0.0873. The van der Waals surface area contributed by atoms with E-state index < -0.39 is 15.9 Å². The fourth-order valence-corrected chi connectivity index (χ4v) is 3.76. The largest absolute Gasteiger partial charge is 0.340 e. The average molecular weight is 436 g/mol. The van der Waals surface area contributed by atoms with E-state index in [4.69, 9.17) is 0 Å². The van der Waals surface area contributed by atoms with Crippen LogP contribution in [0, 0.1) is 11.3 Å². The molecule has 156 valence electrons. The summed E-state index contributed by atoms with van der Waals surface area (Å²) in [5, 5.41) is 26.3. The molecule has 0 fully saturated rings. The highest BCUT2D eigenvalue weighted by Crippen LogP contribution is 2.28. The molecular weight excluding hydrogens is 420 g/mol. The van der Waals surface area contributed by atoms with Gasteiger partial charge in [0.1, 0.15) is 5.69 Å².